The van der Waals surface area contributed by atoms with Crippen molar-refractivity contribution in [1.82, 2.24) is 0 Å². The highest BCUT2D eigenvalue weighted by Crippen LogP contribution is 2.66. The van der Waals surface area contributed by atoms with E-state index in [9.17, 15) is 4.79 Å². The SMILES string of the molecule is CC(=O)OC1CCC2(C)C3CCC4(C)C(=C3CCC2C1C)CCC4C(C)CCC=C(C)C. The maximum absolute atomic E-state index is 11.6. The van der Waals surface area contributed by atoms with E-state index in [2.05, 4.69) is 47.6 Å². The fraction of sp³-hybridized carbons (Fsp3) is 0.833. The number of hydrogen-bond acceptors (Lipinski definition) is 2. The van der Waals surface area contributed by atoms with Crippen molar-refractivity contribution >= 4 is 5.97 Å². The zero-order chi connectivity index (χ0) is 23.3. The van der Waals surface area contributed by atoms with Crippen molar-refractivity contribution in [1.29, 1.82) is 0 Å². The third-order valence-corrected chi connectivity index (χ3v) is 10.7. The zero-order valence-corrected chi connectivity index (χ0v) is 21.9. The first-order valence-electron chi connectivity index (χ1n) is 13.6. The van der Waals surface area contributed by atoms with Crippen molar-refractivity contribution < 1.29 is 9.53 Å². The molecule has 4 aliphatic rings. The van der Waals surface area contributed by atoms with Crippen LogP contribution in [0.5, 0.6) is 0 Å². The lowest BCUT2D eigenvalue weighted by Gasteiger charge is -2.58. The molecule has 0 aliphatic heterocycles. The van der Waals surface area contributed by atoms with Gasteiger partial charge in [0.15, 0.2) is 0 Å². The number of rotatable bonds is 5. The predicted molar refractivity (Wildman–Crippen MR) is 133 cm³/mol. The Morgan fingerprint density at radius 3 is 2.53 bits per heavy atom. The van der Waals surface area contributed by atoms with E-state index >= 15 is 0 Å². The Morgan fingerprint density at radius 1 is 1.09 bits per heavy atom. The van der Waals surface area contributed by atoms with Crippen LogP contribution in [0.25, 0.3) is 0 Å². The summed E-state index contributed by atoms with van der Waals surface area (Å²) < 4.78 is 5.75. The Hall–Kier alpha value is -1.05. The predicted octanol–water partition coefficient (Wildman–Crippen LogP) is 8.27. The molecule has 180 valence electrons. The van der Waals surface area contributed by atoms with Crippen molar-refractivity contribution in [2.24, 2.45) is 40.4 Å². The molecule has 0 aromatic carbocycles. The van der Waals surface area contributed by atoms with Crippen LogP contribution in [0.4, 0.5) is 0 Å². The Labute approximate surface area is 197 Å². The van der Waals surface area contributed by atoms with Crippen LogP contribution < -0.4 is 0 Å². The number of carbonyl (C=O) groups excluding carboxylic acids is 1. The standard InChI is InChI=1S/C30H48O2/c1-19(2)9-8-10-20(3)24-13-14-26-23-11-12-25-21(4)28(32-22(5)31)16-18-30(25,7)27(23)15-17-29(24,26)6/h9,20-21,24-25,27-28H,8,10-18H2,1-7H3. The fourth-order valence-corrected chi connectivity index (χ4v) is 9.10. The lowest BCUT2D eigenvalue weighted by atomic mass is 9.47. The molecule has 4 aliphatic carbocycles. The fourth-order valence-electron chi connectivity index (χ4n) is 9.10. The maximum atomic E-state index is 11.6. The molecule has 32 heavy (non-hydrogen) atoms. The summed E-state index contributed by atoms with van der Waals surface area (Å²) >= 11 is 0. The molecule has 0 aromatic heterocycles. The van der Waals surface area contributed by atoms with Crippen LogP contribution >= 0.6 is 0 Å². The molecular weight excluding hydrogens is 392 g/mol. The van der Waals surface area contributed by atoms with Gasteiger partial charge in [-0.05, 0) is 118 Å². The third kappa shape index (κ3) is 4.03. The van der Waals surface area contributed by atoms with Gasteiger partial charge < -0.3 is 4.74 Å². The molecule has 2 nitrogen and oxygen atoms in total. The summed E-state index contributed by atoms with van der Waals surface area (Å²) in [6, 6.07) is 0. The first-order valence-corrected chi connectivity index (χ1v) is 13.6. The number of hydrogen-bond donors (Lipinski definition) is 0. The van der Waals surface area contributed by atoms with Crippen LogP contribution in [-0.4, -0.2) is 12.1 Å². The van der Waals surface area contributed by atoms with Gasteiger partial charge in [-0.25, -0.2) is 0 Å². The van der Waals surface area contributed by atoms with E-state index < -0.39 is 0 Å². The van der Waals surface area contributed by atoms with E-state index in [4.69, 9.17) is 4.74 Å². The minimum Gasteiger partial charge on any atom is -0.462 e. The van der Waals surface area contributed by atoms with Gasteiger partial charge in [0.05, 0.1) is 0 Å². The van der Waals surface area contributed by atoms with Crippen LogP contribution in [0.2, 0.25) is 0 Å². The van der Waals surface area contributed by atoms with Crippen LogP contribution in [0.1, 0.15) is 113 Å². The molecule has 0 radical (unpaired) electrons. The molecule has 0 heterocycles. The van der Waals surface area contributed by atoms with Crippen LogP contribution in [-0.2, 0) is 9.53 Å². The summed E-state index contributed by atoms with van der Waals surface area (Å²) in [6.45, 7) is 16.1. The van der Waals surface area contributed by atoms with Gasteiger partial charge in [-0.3, -0.25) is 4.79 Å². The Balaban J connectivity index is 1.55. The molecule has 0 aromatic rings. The van der Waals surface area contributed by atoms with Gasteiger partial charge in [0.1, 0.15) is 6.10 Å². The van der Waals surface area contributed by atoms with Crippen molar-refractivity contribution in [2.75, 3.05) is 0 Å². The van der Waals surface area contributed by atoms with Crippen LogP contribution in [0.15, 0.2) is 22.8 Å². The zero-order valence-electron chi connectivity index (χ0n) is 21.9. The molecule has 3 saturated carbocycles. The second-order valence-electron chi connectivity index (χ2n) is 12.7. The number of fused-ring (bicyclic) bond motifs is 4. The molecule has 2 heteroatoms. The molecular formula is C30H48O2. The Bertz CT molecular complexity index is 787. The van der Waals surface area contributed by atoms with Gasteiger partial charge >= 0.3 is 5.97 Å². The molecule has 8 unspecified atom stereocenters. The number of carbonyl (C=O) groups is 1. The number of allylic oxidation sites excluding steroid dienone is 4. The second-order valence-corrected chi connectivity index (χ2v) is 12.7. The maximum Gasteiger partial charge on any atom is 0.302 e. The highest BCUT2D eigenvalue weighted by Gasteiger charge is 2.57. The summed E-state index contributed by atoms with van der Waals surface area (Å²) in [5, 5.41) is 0. The van der Waals surface area contributed by atoms with Crippen molar-refractivity contribution in [3.05, 3.63) is 22.8 Å². The molecule has 8 atom stereocenters. The van der Waals surface area contributed by atoms with Gasteiger partial charge in [0.25, 0.3) is 0 Å². The third-order valence-electron chi connectivity index (χ3n) is 10.7. The average molecular weight is 441 g/mol. The highest BCUT2D eigenvalue weighted by atomic mass is 16.5. The van der Waals surface area contributed by atoms with Crippen molar-refractivity contribution in [3.8, 4) is 0 Å². The average Bonchev–Trinajstić information content (AvgIpc) is 3.07. The summed E-state index contributed by atoms with van der Waals surface area (Å²) in [6.07, 6.45) is 15.5. The van der Waals surface area contributed by atoms with E-state index in [1.807, 2.05) is 11.1 Å². The van der Waals surface area contributed by atoms with E-state index in [1.165, 1.54) is 63.4 Å². The number of ether oxygens (including phenoxy) is 1. The Kier molecular flexibility index (Phi) is 6.74. The molecule has 3 fully saturated rings. The van der Waals surface area contributed by atoms with Gasteiger partial charge in [0, 0.05) is 6.92 Å². The van der Waals surface area contributed by atoms with E-state index in [0.717, 1.165) is 24.2 Å². The molecule has 0 spiro atoms. The first-order chi connectivity index (χ1) is 15.1. The summed E-state index contributed by atoms with van der Waals surface area (Å²) in [5.74, 6) is 3.53. The lowest BCUT2D eigenvalue weighted by molar-refractivity contribution is -0.159. The van der Waals surface area contributed by atoms with Crippen LogP contribution in [0.3, 0.4) is 0 Å². The van der Waals surface area contributed by atoms with E-state index in [-0.39, 0.29) is 12.1 Å². The largest absolute Gasteiger partial charge is 0.462 e. The molecule has 0 saturated heterocycles. The summed E-state index contributed by atoms with van der Waals surface area (Å²) in [5.41, 5.74) is 6.07. The van der Waals surface area contributed by atoms with E-state index in [0.29, 0.717) is 22.7 Å². The molecule has 0 bridgehead atoms. The van der Waals surface area contributed by atoms with Gasteiger partial charge in [-0.2, -0.15) is 0 Å². The van der Waals surface area contributed by atoms with Gasteiger partial charge in [0.2, 0.25) is 0 Å². The van der Waals surface area contributed by atoms with E-state index in [1.54, 1.807) is 6.92 Å². The lowest BCUT2D eigenvalue weighted by Crippen LogP contribution is -2.52. The monoisotopic (exact) mass is 440 g/mol. The van der Waals surface area contributed by atoms with Gasteiger partial charge in [-0.15, -0.1) is 0 Å². The topological polar surface area (TPSA) is 26.3 Å². The quantitative estimate of drug-likeness (QED) is 0.317. The summed E-state index contributed by atoms with van der Waals surface area (Å²) in [7, 11) is 0. The first kappa shape index (κ1) is 24.1. The van der Waals surface area contributed by atoms with Crippen molar-refractivity contribution in [2.45, 2.75) is 119 Å². The normalized spacial score (nSPS) is 41.9. The summed E-state index contributed by atoms with van der Waals surface area (Å²) in [4.78, 5) is 11.6. The number of esters is 1. The smallest absolute Gasteiger partial charge is 0.302 e. The van der Waals surface area contributed by atoms with Crippen molar-refractivity contribution in [3.63, 3.8) is 0 Å². The minimum absolute atomic E-state index is 0.104. The Morgan fingerprint density at radius 2 is 1.84 bits per heavy atom. The molecule has 0 N–H and O–H groups in total. The van der Waals surface area contributed by atoms with Crippen LogP contribution in [0, 0.1) is 40.4 Å². The molecule has 4 rings (SSSR count). The highest BCUT2D eigenvalue weighted by molar-refractivity contribution is 5.66. The van der Waals surface area contributed by atoms with Gasteiger partial charge in [-0.1, -0.05) is 50.5 Å². The molecule has 0 amide bonds. The minimum atomic E-state index is -0.104. The second kappa shape index (κ2) is 8.95.